The number of nitrogens with zero attached hydrogens (tertiary/aromatic N) is 4. The summed E-state index contributed by atoms with van der Waals surface area (Å²) in [6, 6.07) is 24.0. The second-order valence-electron chi connectivity index (χ2n) is 11.4. The highest BCUT2D eigenvalue weighted by molar-refractivity contribution is 6.06. The Balaban J connectivity index is 1.30. The molecule has 1 aromatic heterocycles. The van der Waals surface area contributed by atoms with Crippen molar-refractivity contribution in [3.63, 3.8) is 0 Å². The van der Waals surface area contributed by atoms with E-state index in [0.717, 1.165) is 22.3 Å². The Kier molecular flexibility index (Phi) is 9.28. The predicted octanol–water partition coefficient (Wildman–Crippen LogP) is 4.37. The molecule has 2 heterocycles. The number of hydrogen-bond acceptors (Lipinski definition) is 7. The maximum atomic E-state index is 13.6. The van der Waals surface area contributed by atoms with Crippen molar-refractivity contribution >= 4 is 23.6 Å². The molecule has 0 aliphatic carbocycles. The number of amides is 4. The zero-order valence-corrected chi connectivity index (χ0v) is 25.0. The van der Waals surface area contributed by atoms with Gasteiger partial charge in [-0.2, -0.15) is 4.98 Å². The number of hydrogen-bond donors (Lipinski definition) is 1. The highest BCUT2D eigenvalue weighted by Crippen LogP contribution is 2.24. The first-order chi connectivity index (χ1) is 21.2. The number of carbonyl (C=O) groups is 4. The second kappa shape index (κ2) is 13.5. The van der Waals surface area contributed by atoms with Crippen molar-refractivity contribution in [1.82, 2.24) is 25.3 Å². The minimum Gasteiger partial charge on any atom is -0.344 e. The van der Waals surface area contributed by atoms with Crippen molar-refractivity contribution in [1.29, 1.82) is 0 Å². The number of imide groups is 1. The molecule has 226 valence electrons. The molecule has 3 aromatic carbocycles. The van der Waals surface area contributed by atoms with Gasteiger partial charge in [0.05, 0.1) is 19.0 Å². The molecule has 10 heteroatoms. The third-order valence-corrected chi connectivity index (χ3v) is 7.57. The highest BCUT2D eigenvalue weighted by Gasteiger charge is 2.46. The number of rotatable bonds is 12. The van der Waals surface area contributed by atoms with Crippen LogP contribution in [-0.2, 0) is 29.0 Å². The molecule has 1 N–H and O–H groups in total. The molecule has 1 aliphatic heterocycles. The van der Waals surface area contributed by atoms with E-state index in [1.807, 2.05) is 91.9 Å². The fraction of sp³-hybridized carbons (Fsp3) is 0.294. The molecule has 0 saturated carbocycles. The van der Waals surface area contributed by atoms with E-state index in [0.29, 0.717) is 6.42 Å². The standard InChI is InChI=1S/C34H35N5O5/c1-22(2)30(31(41)32-36-29(44-37-32)19-26-16-10-11-23(3)17-26)35-28(40)21-38-27(18-24-12-6-4-7-13-24)33(42)39(34(38)43)20-25-14-8-5-9-15-25/h4-17,22,27,30H,18-21H2,1-3H3,(H,35,40). The molecular formula is C34H35N5O5. The average Bonchev–Trinajstić information content (AvgIpc) is 3.56. The summed E-state index contributed by atoms with van der Waals surface area (Å²) < 4.78 is 5.34. The molecule has 2 atom stereocenters. The van der Waals surface area contributed by atoms with Gasteiger partial charge >= 0.3 is 6.03 Å². The van der Waals surface area contributed by atoms with Crippen LogP contribution in [0.15, 0.2) is 89.5 Å². The van der Waals surface area contributed by atoms with Crippen LogP contribution in [0.25, 0.3) is 0 Å². The van der Waals surface area contributed by atoms with Crippen LogP contribution in [0.5, 0.6) is 0 Å². The van der Waals surface area contributed by atoms with E-state index in [4.69, 9.17) is 4.52 Å². The Labute approximate surface area is 256 Å². The summed E-state index contributed by atoms with van der Waals surface area (Å²) >= 11 is 0. The molecule has 44 heavy (non-hydrogen) atoms. The highest BCUT2D eigenvalue weighted by atomic mass is 16.5. The number of nitrogens with one attached hydrogen (secondary N) is 1. The van der Waals surface area contributed by atoms with Crippen LogP contribution in [0.3, 0.4) is 0 Å². The first-order valence-electron chi connectivity index (χ1n) is 14.6. The Morgan fingerprint density at radius 3 is 2.23 bits per heavy atom. The normalized spacial score (nSPS) is 15.6. The molecule has 0 spiro atoms. The summed E-state index contributed by atoms with van der Waals surface area (Å²) in [5, 5.41) is 6.63. The maximum absolute atomic E-state index is 13.6. The molecular weight excluding hydrogens is 558 g/mol. The van der Waals surface area contributed by atoms with Gasteiger partial charge in [-0.1, -0.05) is 109 Å². The summed E-state index contributed by atoms with van der Waals surface area (Å²) in [6.45, 7) is 5.27. The third kappa shape index (κ3) is 7.08. The Hall–Kier alpha value is -5.12. The zero-order chi connectivity index (χ0) is 31.2. The van der Waals surface area contributed by atoms with Gasteiger partial charge in [0.25, 0.3) is 5.91 Å². The summed E-state index contributed by atoms with van der Waals surface area (Å²) in [5.41, 5.74) is 3.72. The second-order valence-corrected chi connectivity index (χ2v) is 11.4. The first-order valence-corrected chi connectivity index (χ1v) is 14.6. The van der Waals surface area contributed by atoms with Crippen molar-refractivity contribution in [3.05, 3.63) is 119 Å². The number of aromatic nitrogens is 2. The van der Waals surface area contributed by atoms with E-state index in [-0.39, 0.29) is 36.5 Å². The van der Waals surface area contributed by atoms with Crippen molar-refractivity contribution in [2.75, 3.05) is 6.54 Å². The van der Waals surface area contributed by atoms with E-state index in [2.05, 4.69) is 15.5 Å². The Bertz CT molecular complexity index is 1640. The SMILES string of the molecule is Cc1cccc(Cc2nc(C(=O)C(NC(=O)CN3C(=O)N(Cc4ccccc4)C(=O)C3Cc3ccccc3)C(C)C)no2)c1. The molecule has 1 saturated heterocycles. The number of urea groups is 1. The number of ketones is 1. The van der Waals surface area contributed by atoms with Crippen LogP contribution in [0.1, 0.15) is 52.6 Å². The van der Waals surface area contributed by atoms with Gasteiger partial charge < -0.3 is 14.7 Å². The smallest absolute Gasteiger partial charge is 0.328 e. The molecule has 1 aliphatic rings. The fourth-order valence-corrected chi connectivity index (χ4v) is 5.29. The van der Waals surface area contributed by atoms with E-state index < -0.39 is 36.3 Å². The topological polar surface area (TPSA) is 126 Å². The van der Waals surface area contributed by atoms with Gasteiger partial charge in [-0.25, -0.2) is 4.79 Å². The summed E-state index contributed by atoms with van der Waals surface area (Å²) in [6.07, 6.45) is 0.622. The summed E-state index contributed by atoms with van der Waals surface area (Å²) in [5.74, 6) is -1.59. The molecule has 4 aromatic rings. The number of carbonyl (C=O) groups excluding carboxylic acids is 4. The summed E-state index contributed by atoms with van der Waals surface area (Å²) in [4.78, 5) is 60.6. The van der Waals surface area contributed by atoms with Crippen LogP contribution >= 0.6 is 0 Å². The lowest BCUT2D eigenvalue weighted by molar-refractivity contribution is -0.129. The predicted molar refractivity (Wildman–Crippen MR) is 162 cm³/mol. The quantitative estimate of drug-likeness (QED) is 0.191. The van der Waals surface area contributed by atoms with Crippen LogP contribution < -0.4 is 5.32 Å². The Morgan fingerprint density at radius 1 is 0.909 bits per heavy atom. The van der Waals surface area contributed by atoms with Gasteiger partial charge in [-0.05, 0) is 29.5 Å². The molecule has 0 bridgehead atoms. The molecule has 0 radical (unpaired) electrons. The van der Waals surface area contributed by atoms with Crippen molar-refractivity contribution in [2.24, 2.45) is 5.92 Å². The van der Waals surface area contributed by atoms with Crippen molar-refractivity contribution < 1.29 is 23.7 Å². The zero-order valence-electron chi connectivity index (χ0n) is 25.0. The fourth-order valence-electron chi connectivity index (χ4n) is 5.29. The number of benzene rings is 3. The minimum absolute atomic E-state index is 0.0950. The van der Waals surface area contributed by atoms with Crippen molar-refractivity contribution in [2.45, 2.75) is 52.2 Å². The molecule has 2 unspecified atom stereocenters. The van der Waals surface area contributed by atoms with Crippen LogP contribution in [0.4, 0.5) is 4.79 Å². The van der Waals surface area contributed by atoms with E-state index in [1.54, 1.807) is 13.8 Å². The minimum atomic E-state index is -0.965. The summed E-state index contributed by atoms with van der Waals surface area (Å²) in [7, 11) is 0. The van der Waals surface area contributed by atoms with E-state index in [9.17, 15) is 19.2 Å². The Morgan fingerprint density at radius 2 is 1.57 bits per heavy atom. The van der Waals surface area contributed by atoms with Crippen LogP contribution in [-0.4, -0.2) is 62.2 Å². The lowest BCUT2D eigenvalue weighted by Crippen LogP contribution is -2.50. The number of Topliss-reactive ketones (excluding diaryl/α,β-unsaturated/α-hetero) is 1. The van der Waals surface area contributed by atoms with Gasteiger partial charge in [0.1, 0.15) is 12.6 Å². The van der Waals surface area contributed by atoms with Crippen LogP contribution in [0.2, 0.25) is 0 Å². The average molecular weight is 594 g/mol. The van der Waals surface area contributed by atoms with E-state index >= 15 is 0 Å². The molecule has 10 nitrogen and oxygen atoms in total. The van der Waals surface area contributed by atoms with Gasteiger partial charge in [0.2, 0.25) is 23.4 Å². The lowest BCUT2D eigenvalue weighted by atomic mass is 9.99. The van der Waals surface area contributed by atoms with Gasteiger partial charge in [0, 0.05) is 6.42 Å². The van der Waals surface area contributed by atoms with Crippen molar-refractivity contribution in [3.8, 4) is 0 Å². The maximum Gasteiger partial charge on any atom is 0.328 e. The molecule has 1 fully saturated rings. The van der Waals surface area contributed by atoms with Gasteiger partial charge in [-0.3, -0.25) is 19.3 Å². The van der Waals surface area contributed by atoms with Crippen LogP contribution in [0, 0.1) is 12.8 Å². The largest absolute Gasteiger partial charge is 0.344 e. The monoisotopic (exact) mass is 593 g/mol. The van der Waals surface area contributed by atoms with Gasteiger partial charge in [-0.15, -0.1) is 0 Å². The third-order valence-electron chi connectivity index (χ3n) is 7.57. The van der Waals surface area contributed by atoms with E-state index in [1.165, 1.54) is 9.80 Å². The van der Waals surface area contributed by atoms with Gasteiger partial charge in [0.15, 0.2) is 0 Å². The lowest BCUT2D eigenvalue weighted by Gasteiger charge is -2.24. The number of aryl methyl sites for hydroxylation is 1. The first kappa shape index (κ1) is 30.3. The molecule has 4 amide bonds. The molecule has 5 rings (SSSR count).